The van der Waals surface area contributed by atoms with Gasteiger partial charge in [-0.05, 0) is 49.8 Å². The van der Waals surface area contributed by atoms with E-state index < -0.39 is 11.7 Å². The monoisotopic (exact) mass is 421 g/mol. The smallest absolute Gasteiger partial charge is 0.340 e. The van der Waals surface area contributed by atoms with Gasteiger partial charge in [-0.2, -0.15) is 13.2 Å². The topological polar surface area (TPSA) is 9.72 Å². The van der Waals surface area contributed by atoms with Crippen molar-refractivity contribution in [2.45, 2.75) is 29.3 Å². The summed E-state index contributed by atoms with van der Waals surface area (Å²) < 4.78 is 39.9. The van der Waals surface area contributed by atoms with Gasteiger partial charge in [0.1, 0.15) is 0 Å². The van der Waals surface area contributed by atoms with Crippen LogP contribution < -0.4 is 4.90 Å². The van der Waals surface area contributed by atoms with Crippen molar-refractivity contribution in [2.75, 3.05) is 50.7 Å². The molecule has 0 N–H and O–H groups in total. The molecule has 156 valence electrons. The first-order valence-electron chi connectivity index (χ1n) is 10.2. The van der Waals surface area contributed by atoms with Gasteiger partial charge in [-0.15, -0.1) is 0 Å². The summed E-state index contributed by atoms with van der Waals surface area (Å²) in [6, 6.07) is 12.1. The summed E-state index contributed by atoms with van der Waals surface area (Å²) in [7, 11) is 0. The van der Waals surface area contributed by atoms with Crippen molar-refractivity contribution >= 4 is 23.1 Å². The molecule has 4 rings (SSSR count). The van der Waals surface area contributed by atoms with Crippen LogP contribution in [0.15, 0.2) is 52.3 Å². The van der Waals surface area contributed by atoms with E-state index in [9.17, 15) is 13.2 Å². The summed E-state index contributed by atoms with van der Waals surface area (Å²) in [5, 5.41) is 0. The molecule has 0 bridgehead atoms. The highest BCUT2D eigenvalue weighted by atomic mass is 32.2. The summed E-state index contributed by atoms with van der Waals surface area (Å²) in [5.41, 5.74) is 1.08. The molecule has 0 amide bonds. The molecule has 2 heterocycles. The lowest BCUT2D eigenvalue weighted by Gasteiger charge is -2.36. The molecule has 0 saturated carbocycles. The van der Waals surface area contributed by atoms with Crippen LogP contribution in [-0.4, -0.2) is 55.6 Å². The van der Waals surface area contributed by atoms with E-state index in [-0.39, 0.29) is 0 Å². The third kappa shape index (κ3) is 4.57. The van der Waals surface area contributed by atoms with E-state index in [1.807, 2.05) is 24.3 Å². The van der Waals surface area contributed by atoms with Crippen molar-refractivity contribution in [3.05, 3.63) is 48.0 Å². The summed E-state index contributed by atoms with van der Waals surface area (Å²) in [5.74, 6) is 0. The average Bonchev–Trinajstić information content (AvgIpc) is 2.72. The van der Waals surface area contributed by atoms with Gasteiger partial charge in [0.25, 0.3) is 0 Å². The summed E-state index contributed by atoms with van der Waals surface area (Å²) in [6.45, 7) is 9.28. The largest absolute Gasteiger partial charge is 0.416 e. The summed E-state index contributed by atoms with van der Waals surface area (Å²) >= 11 is 1.54. The molecule has 2 aromatic rings. The van der Waals surface area contributed by atoms with Crippen molar-refractivity contribution < 1.29 is 13.2 Å². The first-order chi connectivity index (χ1) is 14.0. The third-order valence-corrected chi connectivity index (χ3v) is 6.85. The van der Waals surface area contributed by atoms with Crippen molar-refractivity contribution in [2.24, 2.45) is 0 Å². The zero-order valence-corrected chi connectivity index (χ0v) is 17.4. The first-order valence-corrected chi connectivity index (χ1v) is 11.0. The molecule has 0 radical (unpaired) electrons. The van der Waals surface area contributed by atoms with Crippen molar-refractivity contribution in [3.8, 4) is 0 Å². The second-order valence-electron chi connectivity index (χ2n) is 7.53. The Morgan fingerprint density at radius 3 is 2.28 bits per heavy atom. The van der Waals surface area contributed by atoms with Gasteiger partial charge in [0.15, 0.2) is 0 Å². The number of fused-ring (bicyclic) bond motifs is 2. The molecular formula is C22H26F3N3S. The highest BCUT2D eigenvalue weighted by Gasteiger charge is 2.33. The molecule has 3 nitrogen and oxygen atoms in total. The van der Waals surface area contributed by atoms with Gasteiger partial charge in [0.2, 0.25) is 0 Å². The minimum atomic E-state index is -4.33. The fourth-order valence-electron chi connectivity index (χ4n) is 4.03. The third-order valence-electron chi connectivity index (χ3n) is 5.72. The van der Waals surface area contributed by atoms with E-state index in [0.29, 0.717) is 12.2 Å². The molecule has 0 atom stereocenters. The van der Waals surface area contributed by atoms with Gasteiger partial charge in [-0.1, -0.05) is 30.8 Å². The number of hydrogen-bond donors (Lipinski definition) is 0. The maximum absolute atomic E-state index is 13.3. The Balaban J connectivity index is 1.51. The predicted octanol–water partition coefficient (Wildman–Crippen LogP) is 5.34. The first kappa shape index (κ1) is 20.6. The average molecular weight is 422 g/mol. The number of nitrogens with zero attached hydrogens (tertiary/aromatic N) is 3. The number of para-hydroxylation sites is 1. The number of likely N-dealkylation sites (N-methyl/N-ethyl adjacent to an activating group) is 1. The maximum atomic E-state index is 13.3. The standard InChI is InChI=1S/C22H26F3N3S/c1-2-26-12-14-27(15-13-26)10-5-11-28-18-6-3-4-7-20(18)29-21-9-8-17(16-19(21)28)22(23,24)25/h3-4,6-9,16H,2,5,10-15H2,1H3. The minimum Gasteiger partial charge on any atom is -0.340 e. The summed E-state index contributed by atoms with van der Waals surface area (Å²) in [4.78, 5) is 8.95. The molecule has 7 heteroatoms. The highest BCUT2D eigenvalue weighted by Crippen LogP contribution is 2.49. The van der Waals surface area contributed by atoms with E-state index in [1.54, 1.807) is 17.8 Å². The lowest BCUT2D eigenvalue weighted by molar-refractivity contribution is -0.137. The van der Waals surface area contributed by atoms with Crippen LogP contribution in [0.2, 0.25) is 0 Å². The fourth-order valence-corrected chi connectivity index (χ4v) is 5.10. The number of anilines is 2. The normalized spacial score (nSPS) is 17.9. The van der Waals surface area contributed by atoms with Crippen LogP contribution in [0.3, 0.4) is 0 Å². The van der Waals surface area contributed by atoms with Crippen LogP contribution in [0.25, 0.3) is 0 Å². The van der Waals surface area contributed by atoms with E-state index >= 15 is 0 Å². The molecule has 0 aromatic heterocycles. The number of piperazine rings is 1. The van der Waals surface area contributed by atoms with Crippen LogP contribution >= 0.6 is 11.8 Å². The lowest BCUT2D eigenvalue weighted by Crippen LogP contribution is -2.46. The zero-order chi connectivity index (χ0) is 20.4. The molecule has 29 heavy (non-hydrogen) atoms. The lowest BCUT2D eigenvalue weighted by atomic mass is 10.1. The molecule has 0 unspecified atom stereocenters. The van der Waals surface area contributed by atoms with E-state index in [1.165, 1.54) is 12.1 Å². The number of alkyl halides is 3. The van der Waals surface area contributed by atoms with Crippen molar-refractivity contribution in [3.63, 3.8) is 0 Å². The summed E-state index contributed by atoms with van der Waals surface area (Å²) in [6.07, 6.45) is -3.41. The zero-order valence-electron chi connectivity index (χ0n) is 16.6. The van der Waals surface area contributed by atoms with Crippen LogP contribution in [0.4, 0.5) is 24.5 Å². The molecule has 2 aliphatic rings. The van der Waals surface area contributed by atoms with E-state index in [0.717, 1.165) is 61.2 Å². The molecule has 1 saturated heterocycles. The quantitative estimate of drug-likeness (QED) is 0.645. The molecular weight excluding hydrogens is 395 g/mol. The van der Waals surface area contributed by atoms with E-state index in [4.69, 9.17) is 0 Å². The number of rotatable bonds is 5. The van der Waals surface area contributed by atoms with Gasteiger partial charge in [0, 0.05) is 42.5 Å². The molecule has 2 aliphatic heterocycles. The molecule has 1 fully saturated rings. The highest BCUT2D eigenvalue weighted by molar-refractivity contribution is 7.99. The van der Waals surface area contributed by atoms with Crippen molar-refractivity contribution in [1.29, 1.82) is 0 Å². The van der Waals surface area contributed by atoms with E-state index in [2.05, 4.69) is 21.6 Å². The van der Waals surface area contributed by atoms with Gasteiger partial charge in [-0.25, -0.2) is 0 Å². The van der Waals surface area contributed by atoms with Crippen molar-refractivity contribution in [1.82, 2.24) is 9.80 Å². The SMILES string of the molecule is CCN1CCN(CCCN2c3ccccc3Sc3ccc(C(F)(F)F)cc32)CC1. The molecule has 0 spiro atoms. The van der Waals surface area contributed by atoms with Crippen LogP contribution in [-0.2, 0) is 6.18 Å². The van der Waals surface area contributed by atoms with Gasteiger partial charge in [0.05, 0.1) is 16.9 Å². The predicted molar refractivity (Wildman–Crippen MR) is 112 cm³/mol. The second kappa shape index (κ2) is 8.58. The Morgan fingerprint density at radius 1 is 0.862 bits per heavy atom. The Morgan fingerprint density at radius 2 is 1.55 bits per heavy atom. The Bertz CT molecular complexity index is 847. The second-order valence-corrected chi connectivity index (χ2v) is 8.61. The van der Waals surface area contributed by atoms with Gasteiger partial charge < -0.3 is 14.7 Å². The van der Waals surface area contributed by atoms with Crippen LogP contribution in [0.1, 0.15) is 18.9 Å². The fraction of sp³-hybridized carbons (Fsp3) is 0.455. The van der Waals surface area contributed by atoms with Gasteiger partial charge in [-0.3, -0.25) is 0 Å². The Kier molecular flexibility index (Phi) is 6.08. The number of halogens is 3. The minimum absolute atomic E-state index is 0.586. The Hall–Kier alpha value is -1.70. The van der Waals surface area contributed by atoms with Crippen LogP contribution in [0, 0.1) is 0 Å². The number of benzene rings is 2. The maximum Gasteiger partial charge on any atom is 0.416 e. The van der Waals surface area contributed by atoms with Crippen LogP contribution in [0.5, 0.6) is 0 Å². The molecule has 2 aromatic carbocycles. The Labute approximate surface area is 174 Å². The number of hydrogen-bond acceptors (Lipinski definition) is 4. The molecule has 0 aliphatic carbocycles. The van der Waals surface area contributed by atoms with Gasteiger partial charge >= 0.3 is 6.18 Å².